The summed E-state index contributed by atoms with van der Waals surface area (Å²) in [6.07, 6.45) is 2.67. The first-order chi connectivity index (χ1) is 10.1. The Morgan fingerprint density at radius 3 is 2.71 bits per heavy atom. The lowest BCUT2D eigenvalue weighted by molar-refractivity contribution is -0.137. The lowest BCUT2D eigenvalue weighted by atomic mass is 10.3. The van der Waals surface area contributed by atoms with Gasteiger partial charge >= 0.3 is 12.0 Å². The number of aliphatic carboxylic acids is 1. The van der Waals surface area contributed by atoms with Crippen LogP contribution < -0.4 is 5.32 Å². The van der Waals surface area contributed by atoms with Crippen LogP contribution in [0.25, 0.3) is 0 Å². The van der Waals surface area contributed by atoms with Crippen LogP contribution in [0.5, 0.6) is 0 Å². The molecule has 1 aliphatic heterocycles. The Balaban J connectivity index is 1.62. The van der Waals surface area contributed by atoms with Gasteiger partial charge in [0.2, 0.25) is 0 Å². The van der Waals surface area contributed by atoms with Crippen molar-refractivity contribution in [1.82, 2.24) is 20.1 Å². The zero-order valence-electron chi connectivity index (χ0n) is 11.8. The van der Waals surface area contributed by atoms with Crippen LogP contribution in [0.3, 0.4) is 0 Å². The number of carboxylic acid groups (broad SMARTS) is 1. The van der Waals surface area contributed by atoms with E-state index < -0.39 is 5.97 Å². The normalized spacial score (nSPS) is 15.9. The molecule has 0 radical (unpaired) electrons. The van der Waals surface area contributed by atoms with Crippen molar-refractivity contribution in [3.05, 3.63) is 16.6 Å². The quantitative estimate of drug-likeness (QED) is 0.798. The molecule has 0 bridgehead atoms. The number of carboxylic acids is 1. The molecular formula is C13H20N4O3S. The smallest absolute Gasteiger partial charge is 0.317 e. The summed E-state index contributed by atoms with van der Waals surface area (Å²) in [5.74, 6) is -0.780. The van der Waals surface area contributed by atoms with E-state index in [0.717, 1.165) is 24.5 Å². The second-order valence-corrected chi connectivity index (χ2v) is 5.86. The van der Waals surface area contributed by atoms with Gasteiger partial charge in [-0.3, -0.25) is 9.69 Å². The molecule has 0 saturated carbocycles. The van der Waals surface area contributed by atoms with Gasteiger partial charge in [0.1, 0.15) is 0 Å². The first kappa shape index (κ1) is 15.7. The highest BCUT2D eigenvalue weighted by molar-refractivity contribution is 7.09. The number of nitrogens with one attached hydrogen (secondary N) is 1. The van der Waals surface area contributed by atoms with E-state index in [-0.39, 0.29) is 12.5 Å². The second-order valence-electron chi connectivity index (χ2n) is 4.88. The highest BCUT2D eigenvalue weighted by atomic mass is 32.1. The summed E-state index contributed by atoms with van der Waals surface area (Å²) >= 11 is 1.59. The maximum atomic E-state index is 12.0. The molecule has 7 nitrogen and oxygen atoms in total. The number of piperazine rings is 1. The number of hydrogen-bond acceptors (Lipinski definition) is 5. The van der Waals surface area contributed by atoms with Crippen molar-refractivity contribution in [1.29, 1.82) is 0 Å². The number of carbonyl (C=O) groups is 2. The number of thiazole rings is 1. The van der Waals surface area contributed by atoms with Crippen molar-refractivity contribution in [3.63, 3.8) is 0 Å². The monoisotopic (exact) mass is 312 g/mol. The van der Waals surface area contributed by atoms with E-state index in [1.54, 1.807) is 22.4 Å². The molecule has 0 atom stereocenters. The highest BCUT2D eigenvalue weighted by Gasteiger charge is 2.20. The number of aromatic nitrogens is 1. The average molecular weight is 312 g/mol. The minimum absolute atomic E-state index is 0.0514. The molecule has 116 valence electrons. The summed E-state index contributed by atoms with van der Waals surface area (Å²) < 4.78 is 0. The number of rotatable bonds is 6. The minimum Gasteiger partial charge on any atom is -0.481 e. The SMILES string of the molecule is O=C(O)CCN1CCN(C(=O)NCCc2nccs2)CC1. The molecule has 1 aromatic heterocycles. The third-order valence-electron chi connectivity index (χ3n) is 3.40. The average Bonchev–Trinajstić information content (AvgIpc) is 2.99. The largest absolute Gasteiger partial charge is 0.481 e. The van der Waals surface area contributed by atoms with Gasteiger partial charge < -0.3 is 15.3 Å². The predicted molar refractivity (Wildman–Crippen MR) is 79.5 cm³/mol. The zero-order chi connectivity index (χ0) is 15.1. The standard InChI is InChI=1S/C13H20N4O3S/c18-12(19)2-5-16-6-8-17(9-7-16)13(20)15-3-1-11-14-4-10-21-11/h4,10H,1-3,5-9H2,(H,15,20)(H,18,19). The predicted octanol–water partition coefficient (Wildman–Crippen LogP) is 0.488. The Hall–Kier alpha value is -1.67. The van der Waals surface area contributed by atoms with Gasteiger partial charge in [-0.15, -0.1) is 11.3 Å². The molecule has 21 heavy (non-hydrogen) atoms. The van der Waals surface area contributed by atoms with E-state index in [1.165, 1.54) is 0 Å². The lowest BCUT2D eigenvalue weighted by Crippen LogP contribution is -2.52. The molecule has 1 fully saturated rings. The number of hydrogen-bond donors (Lipinski definition) is 2. The number of carbonyl (C=O) groups excluding carboxylic acids is 1. The van der Waals surface area contributed by atoms with E-state index in [9.17, 15) is 9.59 Å². The van der Waals surface area contributed by atoms with Gasteiger partial charge in [-0.05, 0) is 0 Å². The van der Waals surface area contributed by atoms with Gasteiger partial charge in [-0.2, -0.15) is 0 Å². The molecule has 1 saturated heterocycles. The van der Waals surface area contributed by atoms with E-state index in [4.69, 9.17) is 5.11 Å². The number of amides is 2. The summed E-state index contributed by atoms with van der Waals surface area (Å²) in [6.45, 7) is 3.88. The van der Waals surface area contributed by atoms with Crippen molar-refractivity contribution in [3.8, 4) is 0 Å². The molecule has 1 aromatic rings. The Morgan fingerprint density at radius 2 is 2.10 bits per heavy atom. The molecule has 2 rings (SSSR count). The van der Waals surface area contributed by atoms with Crippen LogP contribution in [0.4, 0.5) is 4.79 Å². The van der Waals surface area contributed by atoms with E-state index in [0.29, 0.717) is 26.2 Å². The maximum Gasteiger partial charge on any atom is 0.317 e. The summed E-state index contributed by atoms with van der Waals surface area (Å²) in [4.78, 5) is 30.5. The Morgan fingerprint density at radius 1 is 1.33 bits per heavy atom. The van der Waals surface area contributed by atoms with Crippen LogP contribution in [0.15, 0.2) is 11.6 Å². The first-order valence-corrected chi connectivity index (χ1v) is 7.88. The Labute approximate surface area is 127 Å². The minimum atomic E-state index is -0.780. The zero-order valence-corrected chi connectivity index (χ0v) is 12.6. The van der Waals surface area contributed by atoms with Gasteiger partial charge in [0.25, 0.3) is 0 Å². The fourth-order valence-corrected chi connectivity index (χ4v) is 2.81. The fraction of sp³-hybridized carbons (Fsp3) is 0.615. The molecule has 2 N–H and O–H groups in total. The summed E-state index contributed by atoms with van der Waals surface area (Å²) in [7, 11) is 0. The molecule has 0 spiro atoms. The van der Waals surface area contributed by atoms with Crippen LogP contribution >= 0.6 is 11.3 Å². The van der Waals surface area contributed by atoms with Crippen LogP contribution in [-0.4, -0.2) is 71.2 Å². The molecule has 0 aliphatic carbocycles. The molecule has 2 heterocycles. The maximum absolute atomic E-state index is 12.0. The summed E-state index contributed by atoms with van der Waals surface area (Å²) in [5, 5.41) is 14.5. The number of urea groups is 1. The lowest BCUT2D eigenvalue weighted by Gasteiger charge is -2.34. The van der Waals surface area contributed by atoms with Crippen LogP contribution in [0.2, 0.25) is 0 Å². The molecule has 0 aromatic carbocycles. The molecule has 2 amide bonds. The van der Waals surface area contributed by atoms with Gasteiger partial charge in [0, 0.05) is 57.3 Å². The molecular weight excluding hydrogens is 292 g/mol. The van der Waals surface area contributed by atoms with Gasteiger partial charge in [-0.25, -0.2) is 9.78 Å². The van der Waals surface area contributed by atoms with Crippen molar-refractivity contribution >= 4 is 23.3 Å². The third-order valence-corrected chi connectivity index (χ3v) is 4.24. The molecule has 8 heteroatoms. The third kappa shape index (κ3) is 5.31. The van der Waals surface area contributed by atoms with Crippen LogP contribution in [0.1, 0.15) is 11.4 Å². The summed E-state index contributed by atoms with van der Waals surface area (Å²) in [6, 6.07) is -0.0514. The van der Waals surface area contributed by atoms with Crippen molar-refractivity contribution in [2.45, 2.75) is 12.8 Å². The van der Waals surface area contributed by atoms with Crippen LogP contribution in [0, 0.1) is 0 Å². The first-order valence-electron chi connectivity index (χ1n) is 7.00. The van der Waals surface area contributed by atoms with Gasteiger partial charge in [-0.1, -0.05) is 0 Å². The second kappa shape index (κ2) is 7.94. The van der Waals surface area contributed by atoms with Crippen LogP contribution in [-0.2, 0) is 11.2 Å². The van der Waals surface area contributed by atoms with Gasteiger partial charge in [0.05, 0.1) is 11.4 Å². The van der Waals surface area contributed by atoms with Crippen molar-refractivity contribution in [2.24, 2.45) is 0 Å². The topological polar surface area (TPSA) is 85.8 Å². The Kier molecular flexibility index (Phi) is 5.94. The van der Waals surface area contributed by atoms with E-state index in [2.05, 4.69) is 15.2 Å². The van der Waals surface area contributed by atoms with Crippen molar-refractivity contribution < 1.29 is 14.7 Å². The molecule has 1 aliphatic rings. The highest BCUT2D eigenvalue weighted by Crippen LogP contribution is 2.05. The summed E-state index contributed by atoms with van der Waals surface area (Å²) in [5.41, 5.74) is 0. The molecule has 0 unspecified atom stereocenters. The number of nitrogens with zero attached hydrogens (tertiary/aromatic N) is 3. The van der Waals surface area contributed by atoms with Gasteiger partial charge in [0.15, 0.2) is 0 Å². The Bertz CT molecular complexity index is 458. The van der Waals surface area contributed by atoms with Crippen molar-refractivity contribution in [2.75, 3.05) is 39.3 Å². The van der Waals surface area contributed by atoms with E-state index in [1.807, 2.05) is 5.38 Å². The fourth-order valence-electron chi connectivity index (χ4n) is 2.19. The van der Waals surface area contributed by atoms with E-state index >= 15 is 0 Å².